The summed E-state index contributed by atoms with van der Waals surface area (Å²) < 4.78 is 1.82. The van der Waals surface area contributed by atoms with Gasteiger partial charge in [-0.15, -0.1) is 0 Å². The quantitative estimate of drug-likeness (QED) is 0.831. The first-order valence-corrected chi connectivity index (χ1v) is 6.33. The number of rotatable bonds is 5. The Balaban J connectivity index is 2.35. The molecule has 0 fully saturated rings. The molecule has 0 atom stereocenters. The van der Waals surface area contributed by atoms with Crippen molar-refractivity contribution in [3.05, 3.63) is 24.7 Å². The van der Waals surface area contributed by atoms with Crippen LogP contribution in [0.2, 0.25) is 0 Å². The average molecular weight is 263 g/mol. The highest BCUT2D eigenvalue weighted by atomic mass is 32.1. The standard InChI is InChI=1S/C12H17N5S/c1-9(2)16(7-4-11(13)18)12-10-3-5-15-17(10)8-6-14-12/h3,5-6,8-9H,4,7H2,1-2H3,(H2,13,18). The van der Waals surface area contributed by atoms with E-state index in [4.69, 9.17) is 18.0 Å². The summed E-state index contributed by atoms with van der Waals surface area (Å²) in [5.41, 5.74) is 6.57. The van der Waals surface area contributed by atoms with Crippen molar-refractivity contribution in [2.24, 2.45) is 5.73 Å². The Bertz CT molecular complexity index is 548. The van der Waals surface area contributed by atoms with Gasteiger partial charge >= 0.3 is 0 Å². The Morgan fingerprint density at radius 3 is 2.94 bits per heavy atom. The van der Waals surface area contributed by atoms with Gasteiger partial charge < -0.3 is 10.6 Å². The SMILES string of the molecule is CC(C)N(CCC(N)=S)c1nccn2nccc12. The van der Waals surface area contributed by atoms with Gasteiger partial charge in [0.2, 0.25) is 0 Å². The summed E-state index contributed by atoms with van der Waals surface area (Å²) in [5, 5.41) is 4.22. The third-order valence-corrected chi connectivity index (χ3v) is 3.00. The molecule has 0 spiro atoms. The van der Waals surface area contributed by atoms with E-state index in [1.807, 2.05) is 16.8 Å². The van der Waals surface area contributed by atoms with Crippen molar-refractivity contribution < 1.29 is 0 Å². The van der Waals surface area contributed by atoms with Gasteiger partial charge in [0.25, 0.3) is 0 Å². The molecule has 2 heterocycles. The average Bonchev–Trinajstić information content (AvgIpc) is 2.77. The van der Waals surface area contributed by atoms with Crippen LogP contribution >= 0.6 is 12.2 Å². The highest BCUT2D eigenvalue weighted by Gasteiger charge is 2.15. The van der Waals surface area contributed by atoms with Gasteiger partial charge in [-0.05, 0) is 19.9 Å². The number of nitrogens with zero attached hydrogens (tertiary/aromatic N) is 4. The molecule has 0 aliphatic carbocycles. The Kier molecular flexibility index (Phi) is 3.76. The van der Waals surface area contributed by atoms with Crippen LogP contribution in [0.25, 0.3) is 5.52 Å². The van der Waals surface area contributed by atoms with E-state index in [1.165, 1.54) is 0 Å². The van der Waals surface area contributed by atoms with Crippen LogP contribution in [0, 0.1) is 0 Å². The van der Waals surface area contributed by atoms with Gasteiger partial charge in [-0.25, -0.2) is 9.50 Å². The van der Waals surface area contributed by atoms with E-state index < -0.39 is 0 Å². The Hall–Kier alpha value is -1.69. The molecular formula is C12H17N5S. The van der Waals surface area contributed by atoms with Gasteiger partial charge in [-0.2, -0.15) is 5.10 Å². The number of nitrogens with two attached hydrogens (primary N) is 1. The maximum Gasteiger partial charge on any atom is 0.154 e. The van der Waals surface area contributed by atoms with Crippen molar-refractivity contribution in [3.8, 4) is 0 Å². The summed E-state index contributed by atoms with van der Waals surface area (Å²) in [6, 6.07) is 2.28. The zero-order chi connectivity index (χ0) is 13.1. The van der Waals surface area contributed by atoms with E-state index in [1.54, 1.807) is 12.4 Å². The molecule has 2 aromatic heterocycles. The van der Waals surface area contributed by atoms with Crippen LogP contribution < -0.4 is 10.6 Å². The molecule has 2 aromatic rings. The van der Waals surface area contributed by atoms with E-state index >= 15 is 0 Å². The topological polar surface area (TPSA) is 59.5 Å². The van der Waals surface area contributed by atoms with Gasteiger partial charge in [0.05, 0.1) is 11.2 Å². The maximum absolute atomic E-state index is 5.58. The molecule has 0 radical (unpaired) electrons. The number of hydrogen-bond acceptors (Lipinski definition) is 4. The first-order chi connectivity index (χ1) is 8.59. The second-order valence-corrected chi connectivity index (χ2v) is 4.94. The summed E-state index contributed by atoms with van der Waals surface area (Å²) >= 11 is 4.94. The normalized spacial score (nSPS) is 11.1. The number of thiocarbonyl (C=S) groups is 1. The van der Waals surface area contributed by atoms with Gasteiger partial charge in [0, 0.05) is 31.4 Å². The van der Waals surface area contributed by atoms with Gasteiger partial charge in [-0.3, -0.25) is 0 Å². The highest BCUT2D eigenvalue weighted by molar-refractivity contribution is 7.80. The van der Waals surface area contributed by atoms with E-state index in [-0.39, 0.29) is 0 Å². The fraction of sp³-hybridized carbons (Fsp3) is 0.417. The van der Waals surface area contributed by atoms with Crippen LogP contribution in [0.5, 0.6) is 0 Å². The highest BCUT2D eigenvalue weighted by Crippen LogP contribution is 2.20. The molecule has 2 rings (SSSR count). The summed E-state index contributed by atoms with van der Waals surface area (Å²) in [6.45, 7) is 5.02. The summed E-state index contributed by atoms with van der Waals surface area (Å²) in [6.07, 6.45) is 6.05. The molecule has 6 heteroatoms. The Morgan fingerprint density at radius 2 is 2.28 bits per heavy atom. The fourth-order valence-corrected chi connectivity index (χ4v) is 2.00. The number of aromatic nitrogens is 3. The van der Waals surface area contributed by atoms with Crippen molar-refractivity contribution in [1.29, 1.82) is 0 Å². The van der Waals surface area contributed by atoms with Crippen LogP contribution in [0.3, 0.4) is 0 Å². The largest absolute Gasteiger partial charge is 0.393 e. The van der Waals surface area contributed by atoms with Gasteiger partial charge in [-0.1, -0.05) is 12.2 Å². The molecule has 18 heavy (non-hydrogen) atoms. The molecule has 0 saturated carbocycles. The number of hydrogen-bond donors (Lipinski definition) is 1. The summed E-state index contributed by atoms with van der Waals surface area (Å²) in [4.78, 5) is 7.18. The fourth-order valence-electron chi connectivity index (χ4n) is 1.90. The molecule has 0 aromatic carbocycles. The van der Waals surface area contributed by atoms with Gasteiger partial charge in [0.1, 0.15) is 5.52 Å². The molecule has 0 aliphatic rings. The van der Waals surface area contributed by atoms with Crippen LogP contribution in [0.1, 0.15) is 20.3 Å². The minimum atomic E-state index is 0.327. The molecular weight excluding hydrogens is 246 g/mol. The minimum absolute atomic E-state index is 0.327. The Morgan fingerprint density at radius 1 is 1.50 bits per heavy atom. The van der Waals surface area contributed by atoms with Crippen molar-refractivity contribution in [2.75, 3.05) is 11.4 Å². The van der Waals surface area contributed by atoms with Gasteiger partial charge in [0.15, 0.2) is 5.82 Å². The molecule has 2 N–H and O–H groups in total. The zero-order valence-electron chi connectivity index (χ0n) is 10.6. The molecule has 0 amide bonds. The lowest BCUT2D eigenvalue weighted by molar-refractivity contribution is 0.681. The minimum Gasteiger partial charge on any atom is -0.393 e. The first kappa shape index (κ1) is 12.8. The number of fused-ring (bicyclic) bond motifs is 1. The number of anilines is 1. The molecule has 0 saturated heterocycles. The predicted molar refractivity (Wildman–Crippen MR) is 76.9 cm³/mol. The second kappa shape index (κ2) is 5.30. The van der Waals surface area contributed by atoms with Crippen LogP contribution in [-0.4, -0.2) is 32.2 Å². The lowest BCUT2D eigenvalue weighted by atomic mass is 10.2. The lowest BCUT2D eigenvalue weighted by Gasteiger charge is -2.28. The first-order valence-electron chi connectivity index (χ1n) is 5.93. The predicted octanol–water partition coefficient (Wildman–Crippen LogP) is 1.62. The summed E-state index contributed by atoms with van der Waals surface area (Å²) in [5.74, 6) is 0.918. The third kappa shape index (κ3) is 2.59. The molecule has 96 valence electrons. The van der Waals surface area contributed by atoms with E-state index in [0.717, 1.165) is 17.9 Å². The van der Waals surface area contributed by atoms with Crippen molar-refractivity contribution >= 4 is 28.5 Å². The maximum atomic E-state index is 5.58. The lowest BCUT2D eigenvalue weighted by Crippen LogP contribution is -2.34. The summed E-state index contributed by atoms with van der Waals surface area (Å²) in [7, 11) is 0. The van der Waals surface area contributed by atoms with Crippen LogP contribution in [-0.2, 0) is 0 Å². The molecule has 0 unspecified atom stereocenters. The Labute approximate surface area is 112 Å². The third-order valence-electron chi connectivity index (χ3n) is 2.80. The molecule has 5 nitrogen and oxygen atoms in total. The van der Waals surface area contributed by atoms with Crippen LogP contribution in [0.4, 0.5) is 5.82 Å². The molecule has 0 aliphatic heterocycles. The monoisotopic (exact) mass is 263 g/mol. The van der Waals surface area contributed by atoms with Crippen molar-refractivity contribution in [1.82, 2.24) is 14.6 Å². The van der Waals surface area contributed by atoms with E-state index in [0.29, 0.717) is 17.5 Å². The van der Waals surface area contributed by atoms with E-state index in [2.05, 4.69) is 28.8 Å². The van der Waals surface area contributed by atoms with Crippen molar-refractivity contribution in [3.63, 3.8) is 0 Å². The smallest absolute Gasteiger partial charge is 0.154 e. The van der Waals surface area contributed by atoms with Crippen LogP contribution in [0.15, 0.2) is 24.7 Å². The van der Waals surface area contributed by atoms with Crippen molar-refractivity contribution in [2.45, 2.75) is 26.3 Å². The van der Waals surface area contributed by atoms with E-state index in [9.17, 15) is 0 Å². The second-order valence-electron chi connectivity index (χ2n) is 4.42. The molecule has 0 bridgehead atoms. The zero-order valence-corrected chi connectivity index (χ0v) is 11.4.